The zero-order chi connectivity index (χ0) is 22.2. The molecule has 0 amide bonds. The Morgan fingerprint density at radius 1 is 1.03 bits per heavy atom. The molecule has 0 spiro atoms. The largest absolute Gasteiger partial charge is 0.452 e. The highest BCUT2D eigenvalue weighted by molar-refractivity contribution is 6.15. The smallest absolute Gasteiger partial charge is 0.343 e. The molecule has 4 aromatic rings. The third-order valence-corrected chi connectivity index (χ3v) is 5.70. The highest BCUT2D eigenvalue weighted by Gasteiger charge is 2.31. The lowest BCUT2D eigenvalue weighted by Crippen LogP contribution is -2.09. The van der Waals surface area contributed by atoms with Crippen LogP contribution in [0.15, 0.2) is 78.7 Å². The summed E-state index contributed by atoms with van der Waals surface area (Å²) in [5.74, 6) is 0.417. The topological polar surface area (TPSA) is 57.5 Å². The fraction of sp³-hybridized carbons (Fsp3) is 0.111. The number of para-hydroxylation sites is 1. The molecule has 0 aliphatic carbocycles. The SMILES string of the molecule is CCn1cc(C=C2Oc3c(ccc(OC(=O)c4ccccc4)c3C)C2=O)c2ccccc21. The summed E-state index contributed by atoms with van der Waals surface area (Å²) < 4.78 is 13.7. The molecule has 32 heavy (non-hydrogen) atoms. The second-order valence-corrected chi connectivity index (χ2v) is 7.65. The Kier molecular flexibility index (Phi) is 4.86. The van der Waals surface area contributed by atoms with Gasteiger partial charge < -0.3 is 14.0 Å². The monoisotopic (exact) mass is 423 g/mol. The van der Waals surface area contributed by atoms with Gasteiger partial charge >= 0.3 is 5.97 Å². The number of fused-ring (bicyclic) bond motifs is 2. The van der Waals surface area contributed by atoms with E-state index in [4.69, 9.17) is 9.47 Å². The van der Waals surface area contributed by atoms with Gasteiger partial charge in [-0.05, 0) is 50.3 Å². The van der Waals surface area contributed by atoms with E-state index in [0.717, 1.165) is 23.0 Å². The van der Waals surface area contributed by atoms with Gasteiger partial charge in [0.2, 0.25) is 5.78 Å². The number of Topliss-reactive ketones (excluding diaryl/α,β-unsaturated/α-hetero) is 1. The lowest BCUT2D eigenvalue weighted by Gasteiger charge is -2.10. The maximum absolute atomic E-state index is 13.0. The van der Waals surface area contributed by atoms with Gasteiger partial charge in [-0.1, -0.05) is 36.4 Å². The van der Waals surface area contributed by atoms with E-state index in [1.807, 2.05) is 30.5 Å². The Balaban J connectivity index is 1.48. The summed E-state index contributed by atoms with van der Waals surface area (Å²) in [6.07, 6.45) is 3.81. The van der Waals surface area contributed by atoms with Gasteiger partial charge in [-0.15, -0.1) is 0 Å². The summed E-state index contributed by atoms with van der Waals surface area (Å²) in [7, 11) is 0. The molecule has 0 atom stereocenters. The number of rotatable bonds is 4. The van der Waals surface area contributed by atoms with Gasteiger partial charge in [-0.25, -0.2) is 4.79 Å². The number of ether oxygens (including phenoxy) is 2. The van der Waals surface area contributed by atoms with E-state index in [1.165, 1.54) is 0 Å². The van der Waals surface area contributed by atoms with E-state index in [1.54, 1.807) is 49.4 Å². The minimum atomic E-state index is -0.457. The Morgan fingerprint density at radius 3 is 2.56 bits per heavy atom. The third-order valence-electron chi connectivity index (χ3n) is 5.70. The zero-order valence-electron chi connectivity index (χ0n) is 17.8. The van der Waals surface area contributed by atoms with Crippen LogP contribution in [0.2, 0.25) is 0 Å². The molecule has 0 saturated carbocycles. The molecule has 1 aliphatic heterocycles. The van der Waals surface area contributed by atoms with E-state index in [-0.39, 0.29) is 11.5 Å². The molecule has 2 heterocycles. The fourth-order valence-electron chi connectivity index (χ4n) is 4.00. The van der Waals surface area contributed by atoms with Crippen molar-refractivity contribution >= 4 is 28.7 Å². The van der Waals surface area contributed by atoms with E-state index in [0.29, 0.717) is 28.2 Å². The van der Waals surface area contributed by atoms with Crippen molar-refractivity contribution in [1.82, 2.24) is 4.57 Å². The molecule has 0 radical (unpaired) electrons. The average molecular weight is 423 g/mol. The first-order valence-corrected chi connectivity index (χ1v) is 10.5. The van der Waals surface area contributed by atoms with Crippen LogP contribution in [0.25, 0.3) is 17.0 Å². The van der Waals surface area contributed by atoms with Crippen molar-refractivity contribution in [3.8, 4) is 11.5 Å². The van der Waals surface area contributed by atoms with Crippen LogP contribution < -0.4 is 9.47 Å². The van der Waals surface area contributed by atoms with Crippen molar-refractivity contribution in [2.75, 3.05) is 0 Å². The number of carbonyl (C=O) groups excluding carboxylic acids is 2. The number of esters is 1. The summed E-state index contributed by atoms with van der Waals surface area (Å²) in [6.45, 7) is 4.69. The standard InChI is InChI=1S/C27H21NO4/c1-3-28-16-19(20-11-7-8-12-22(20)28)15-24-25(29)21-13-14-23(17(2)26(21)31-24)32-27(30)18-9-5-4-6-10-18/h4-16H,3H2,1-2H3. The number of nitrogens with zero attached hydrogens (tertiary/aromatic N) is 1. The van der Waals surface area contributed by atoms with E-state index >= 15 is 0 Å². The summed E-state index contributed by atoms with van der Waals surface area (Å²) in [5.41, 5.74) is 3.56. The third kappa shape index (κ3) is 3.28. The summed E-state index contributed by atoms with van der Waals surface area (Å²) >= 11 is 0. The van der Waals surface area contributed by atoms with Crippen LogP contribution in [-0.4, -0.2) is 16.3 Å². The Labute approximate surface area is 185 Å². The lowest BCUT2D eigenvalue weighted by atomic mass is 10.1. The van der Waals surface area contributed by atoms with Gasteiger partial charge in [-0.2, -0.15) is 0 Å². The molecule has 3 aromatic carbocycles. The van der Waals surface area contributed by atoms with Crippen molar-refractivity contribution in [2.45, 2.75) is 20.4 Å². The Morgan fingerprint density at radius 2 is 1.78 bits per heavy atom. The van der Waals surface area contributed by atoms with Crippen LogP contribution in [0.5, 0.6) is 11.5 Å². The van der Waals surface area contributed by atoms with Crippen molar-refractivity contribution in [3.63, 3.8) is 0 Å². The van der Waals surface area contributed by atoms with Crippen LogP contribution in [0, 0.1) is 6.92 Å². The predicted octanol–water partition coefficient (Wildman–Crippen LogP) is 5.81. The fourth-order valence-corrected chi connectivity index (χ4v) is 4.00. The first-order chi connectivity index (χ1) is 15.6. The molecule has 1 aromatic heterocycles. The van der Waals surface area contributed by atoms with Crippen LogP contribution in [0.3, 0.4) is 0 Å². The van der Waals surface area contributed by atoms with Crippen molar-refractivity contribution < 1.29 is 19.1 Å². The highest BCUT2D eigenvalue weighted by atomic mass is 16.5. The predicted molar refractivity (Wildman–Crippen MR) is 123 cm³/mol. The average Bonchev–Trinajstić information content (AvgIpc) is 3.34. The second kappa shape index (κ2) is 7.85. The van der Waals surface area contributed by atoms with Crippen molar-refractivity contribution in [1.29, 1.82) is 0 Å². The molecule has 5 nitrogen and oxygen atoms in total. The number of carbonyl (C=O) groups is 2. The van der Waals surface area contributed by atoms with Gasteiger partial charge in [0.1, 0.15) is 11.5 Å². The Bertz CT molecular complexity index is 1400. The van der Waals surface area contributed by atoms with Gasteiger partial charge in [0.05, 0.1) is 11.1 Å². The normalized spacial score (nSPS) is 13.9. The quantitative estimate of drug-likeness (QED) is 0.236. The molecule has 158 valence electrons. The van der Waals surface area contributed by atoms with Crippen molar-refractivity contribution in [3.05, 3.63) is 101 Å². The van der Waals surface area contributed by atoms with E-state index < -0.39 is 5.97 Å². The minimum Gasteiger partial charge on any atom is -0.452 e. The molecular formula is C27H21NO4. The number of hydrogen-bond acceptors (Lipinski definition) is 4. The van der Waals surface area contributed by atoms with Gasteiger partial charge in [0, 0.05) is 34.8 Å². The van der Waals surface area contributed by atoms with Crippen LogP contribution in [-0.2, 0) is 6.54 Å². The van der Waals surface area contributed by atoms with Gasteiger partial charge in [0.25, 0.3) is 0 Å². The minimum absolute atomic E-state index is 0.183. The van der Waals surface area contributed by atoms with Gasteiger partial charge in [0.15, 0.2) is 5.76 Å². The zero-order valence-corrected chi connectivity index (χ0v) is 17.8. The number of allylic oxidation sites excluding steroid dienone is 1. The molecule has 1 aliphatic rings. The van der Waals surface area contributed by atoms with Crippen LogP contribution in [0.4, 0.5) is 0 Å². The van der Waals surface area contributed by atoms with Crippen LogP contribution >= 0.6 is 0 Å². The number of aryl methyl sites for hydroxylation is 1. The Hall–Kier alpha value is -4.12. The van der Waals surface area contributed by atoms with Crippen molar-refractivity contribution in [2.24, 2.45) is 0 Å². The van der Waals surface area contributed by atoms with Crippen LogP contribution in [0.1, 0.15) is 38.8 Å². The molecule has 5 rings (SSSR count). The molecular weight excluding hydrogens is 402 g/mol. The molecule has 0 N–H and O–H groups in total. The molecule has 0 fully saturated rings. The van der Waals surface area contributed by atoms with E-state index in [9.17, 15) is 9.59 Å². The first kappa shape index (κ1) is 19.8. The summed E-state index contributed by atoms with van der Waals surface area (Å²) in [5, 5.41) is 1.06. The first-order valence-electron chi connectivity index (χ1n) is 10.5. The summed E-state index contributed by atoms with van der Waals surface area (Å²) in [4.78, 5) is 25.5. The maximum atomic E-state index is 13.0. The van der Waals surface area contributed by atoms with Gasteiger partial charge in [-0.3, -0.25) is 4.79 Å². The molecule has 0 unspecified atom stereocenters. The number of benzene rings is 3. The highest BCUT2D eigenvalue weighted by Crippen LogP contribution is 2.40. The molecule has 0 saturated heterocycles. The lowest BCUT2D eigenvalue weighted by molar-refractivity contribution is 0.0733. The molecule has 0 bridgehead atoms. The second-order valence-electron chi connectivity index (χ2n) is 7.65. The molecule has 5 heteroatoms. The maximum Gasteiger partial charge on any atom is 0.343 e. The van der Waals surface area contributed by atoms with E-state index in [2.05, 4.69) is 17.6 Å². The number of hydrogen-bond donors (Lipinski definition) is 0. The number of aromatic nitrogens is 1. The summed E-state index contributed by atoms with van der Waals surface area (Å²) in [6, 6.07) is 20.1. The number of ketones is 1.